The highest BCUT2D eigenvalue weighted by atomic mass is 35.5. The standard InChI is InChI=1S/C22H23ClF3N7O2S/c1-12(31-19(34)16-7-13(29-11-30-16)5-4-6-33(2)3)21-28-10-17(36-21)20(35)32-18-8-14(22(24,25)26)15(23)9-27-18/h7-12H,4-6H2,1-3H3,(H,31,34)(H,27,32,35). The van der Waals surface area contributed by atoms with Gasteiger partial charge >= 0.3 is 6.18 Å². The number of pyridine rings is 1. The van der Waals surface area contributed by atoms with Crippen LogP contribution in [0.1, 0.15) is 55.8 Å². The van der Waals surface area contributed by atoms with E-state index in [-0.39, 0.29) is 16.4 Å². The average Bonchev–Trinajstić information content (AvgIpc) is 3.30. The van der Waals surface area contributed by atoms with Crippen LogP contribution < -0.4 is 10.6 Å². The van der Waals surface area contributed by atoms with E-state index in [1.807, 2.05) is 14.1 Å². The summed E-state index contributed by atoms with van der Waals surface area (Å²) < 4.78 is 39.1. The summed E-state index contributed by atoms with van der Waals surface area (Å²) in [6.45, 7) is 2.58. The normalized spacial score (nSPS) is 12.4. The van der Waals surface area contributed by atoms with Gasteiger partial charge in [0.1, 0.15) is 27.7 Å². The summed E-state index contributed by atoms with van der Waals surface area (Å²) in [5.74, 6) is -1.43. The van der Waals surface area contributed by atoms with Gasteiger partial charge in [-0.3, -0.25) is 9.59 Å². The summed E-state index contributed by atoms with van der Waals surface area (Å²) in [4.78, 5) is 43.4. The molecule has 0 bridgehead atoms. The molecule has 3 heterocycles. The molecule has 9 nitrogen and oxygen atoms in total. The van der Waals surface area contributed by atoms with Crippen molar-refractivity contribution in [2.75, 3.05) is 26.0 Å². The first-order valence-electron chi connectivity index (χ1n) is 10.7. The number of hydrogen-bond acceptors (Lipinski definition) is 8. The van der Waals surface area contributed by atoms with Crippen LogP contribution in [0.3, 0.4) is 0 Å². The van der Waals surface area contributed by atoms with Crippen molar-refractivity contribution in [3.05, 3.63) is 62.7 Å². The minimum Gasteiger partial charge on any atom is -0.342 e. The molecule has 1 unspecified atom stereocenters. The fourth-order valence-electron chi connectivity index (χ4n) is 3.06. The van der Waals surface area contributed by atoms with Crippen LogP contribution in [-0.4, -0.2) is 57.3 Å². The van der Waals surface area contributed by atoms with Crippen LogP contribution in [0, 0.1) is 0 Å². The smallest absolute Gasteiger partial charge is 0.342 e. The van der Waals surface area contributed by atoms with E-state index < -0.39 is 34.6 Å². The van der Waals surface area contributed by atoms with Gasteiger partial charge in [0.25, 0.3) is 11.8 Å². The molecule has 0 radical (unpaired) electrons. The Morgan fingerprint density at radius 1 is 1.11 bits per heavy atom. The summed E-state index contributed by atoms with van der Waals surface area (Å²) in [6.07, 6.45) is 0.318. The number of amides is 2. The zero-order valence-corrected chi connectivity index (χ0v) is 21.1. The van der Waals surface area contributed by atoms with Gasteiger partial charge in [-0.1, -0.05) is 11.6 Å². The Bertz CT molecular complexity index is 1240. The first-order chi connectivity index (χ1) is 16.9. The van der Waals surface area contributed by atoms with Crippen molar-refractivity contribution in [2.24, 2.45) is 0 Å². The number of carbonyl (C=O) groups is 2. The zero-order valence-electron chi connectivity index (χ0n) is 19.6. The maximum Gasteiger partial charge on any atom is 0.418 e. The van der Waals surface area contributed by atoms with Gasteiger partial charge in [0, 0.05) is 11.9 Å². The second-order valence-electron chi connectivity index (χ2n) is 8.06. The molecule has 1 atom stereocenters. The van der Waals surface area contributed by atoms with Crippen LogP contribution in [-0.2, 0) is 12.6 Å². The zero-order chi connectivity index (χ0) is 26.5. The summed E-state index contributed by atoms with van der Waals surface area (Å²) in [5, 5.41) is 4.92. The van der Waals surface area contributed by atoms with Gasteiger partial charge in [-0.25, -0.2) is 19.9 Å². The van der Waals surface area contributed by atoms with Gasteiger partial charge in [-0.2, -0.15) is 13.2 Å². The maximum absolute atomic E-state index is 13.0. The number of anilines is 1. The number of halogens is 4. The number of aryl methyl sites for hydroxylation is 1. The van der Waals surface area contributed by atoms with Crippen molar-refractivity contribution < 1.29 is 22.8 Å². The van der Waals surface area contributed by atoms with Crippen molar-refractivity contribution in [3.63, 3.8) is 0 Å². The highest BCUT2D eigenvalue weighted by Crippen LogP contribution is 2.35. The van der Waals surface area contributed by atoms with Crippen molar-refractivity contribution in [1.29, 1.82) is 0 Å². The summed E-state index contributed by atoms with van der Waals surface area (Å²) >= 11 is 6.54. The van der Waals surface area contributed by atoms with Gasteiger partial charge < -0.3 is 15.5 Å². The number of carbonyl (C=O) groups excluding carboxylic acids is 2. The molecular formula is C22H23ClF3N7O2S. The summed E-state index contributed by atoms with van der Waals surface area (Å²) in [7, 11) is 3.96. The third-order valence-electron chi connectivity index (χ3n) is 4.86. The quantitative estimate of drug-likeness (QED) is 0.416. The Hall–Kier alpha value is -3.16. The van der Waals surface area contributed by atoms with Crippen LogP contribution in [0.2, 0.25) is 5.02 Å². The third-order valence-corrected chi connectivity index (χ3v) is 6.34. The lowest BCUT2D eigenvalue weighted by Gasteiger charge is -2.12. The predicted molar refractivity (Wildman–Crippen MR) is 129 cm³/mol. The molecular weight excluding hydrogens is 519 g/mol. The second-order valence-corrected chi connectivity index (χ2v) is 9.53. The molecule has 0 aliphatic carbocycles. The lowest BCUT2D eigenvalue weighted by atomic mass is 10.2. The molecule has 36 heavy (non-hydrogen) atoms. The predicted octanol–water partition coefficient (Wildman–Crippen LogP) is 4.24. The van der Waals surface area contributed by atoms with E-state index in [1.165, 1.54) is 12.5 Å². The van der Waals surface area contributed by atoms with E-state index in [4.69, 9.17) is 11.6 Å². The van der Waals surface area contributed by atoms with E-state index in [9.17, 15) is 22.8 Å². The van der Waals surface area contributed by atoms with Gasteiger partial charge in [0.05, 0.1) is 22.8 Å². The number of nitrogens with one attached hydrogen (secondary N) is 2. The molecule has 3 rings (SSSR count). The monoisotopic (exact) mass is 541 g/mol. The number of aromatic nitrogens is 4. The Morgan fingerprint density at radius 3 is 2.56 bits per heavy atom. The molecule has 0 saturated heterocycles. The largest absolute Gasteiger partial charge is 0.418 e. The molecule has 2 N–H and O–H groups in total. The number of thiazole rings is 1. The molecule has 3 aromatic rings. The molecule has 14 heteroatoms. The first kappa shape index (κ1) is 27.4. The number of rotatable bonds is 9. The number of alkyl halides is 3. The van der Waals surface area contributed by atoms with Crippen molar-refractivity contribution in [3.8, 4) is 0 Å². The summed E-state index contributed by atoms with van der Waals surface area (Å²) in [5.41, 5.74) is -0.149. The number of hydrogen-bond donors (Lipinski definition) is 2. The second kappa shape index (κ2) is 11.7. The van der Waals surface area contributed by atoms with Crippen LogP contribution in [0.4, 0.5) is 19.0 Å². The Labute approximate surface area is 214 Å². The molecule has 0 saturated carbocycles. The van der Waals surface area contributed by atoms with E-state index in [2.05, 4.69) is 35.5 Å². The Balaban J connectivity index is 1.62. The van der Waals surface area contributed by atoms with Crippen molar-refractivity contribution in [2.45, 2.75) is 32.0 Å². The van der Waals surface area contributed by atoms with Gasteiger partial charge in [0.2, 0.25) is 0 Å². The average molecular weight is 542 g/mol. The van der Waals surface area contributed by atoms with Crippen LogP contribution >= 0.6 is 22.9 Å². The molecule has 2 amide bonds. The van der Waals surface area contributed by atoms with Gasteiger partial charge in [0.15, 0.2) is 0 Å². The Morgan fingerprint density at radius 2 is 1.86 bits per heavy atom. The SMILES string of the molecule is CC(NC(=O)c1cc(CCCN(C)C)ncn1)c1ncc(C(=O)Nc2cc(C(F)(F)F)c(Cl)cn2)s1. The topological polar surface area (TPSA) is 113 Å². The lowest BCUT2D eigenvalue weighted by molar-refractivity contribution is -0.137. The van der Waals surface area contributed by atoms with Crippen molar-refractivity contribution in [1.82, 2.24) is 30.2 Å². The van der Waals surface area contributed by atoms with Gasteiger partial charge in [-0.15, -0.1) is 11.3 Å². The van der Waals surface area contributed by atoms with E-state index in [0.29, 0.717) is 17.5 Å². The Kier molecular flexibility index (Phi) is 8.93. The molecule has 0 aromatic carbocycles. The highest BCUT2D eigenvalue weighted by Gasteiger charge is 2.34. The molecule has 0 aliphatic rings. The number of nitrogens with zero attached hydrogens (tertiary/aromatic N) is 5. The highest BCUT2D eigenvalue weighted by molar-refractivity contribution is 7.13. The molecule has 0 aliphatic heterocycles. The van der Waals surface area contributed by atoms with Crippen molar-refractivity contribution >= 4 is 40.6 Å². The van der Waals surface area contributed by atoms with E-state index in [1.54, 1.807) is 13.0 Å². The fourth-order valence-corrected chi connectivity index (χ4v) is 4.09. The maximum atomic E-state index is 13.0. The first-order valence-corrected chi connectivity index (χ1v) is 11.9. The van der Waals surface area contributed by atoms with Crippen LogP contribution in [0.15, 0.2) is 30.9 Å². The molecule has 192 valence electrons. The lowest BCUT2D eigenvalue weighted by Crippen LogP contribution is -2.27. The third kappa shape index (κ3) is 7.42. The fraction of sp³-hybridized carbons (Fsp3) is 0.364. The molecule has 0 spiro atoms. The minimum absolute atomic E-state index is 0.127. The minimum atomic E-state index is -4.69. The molecule has 3 aromatic heterocycles. The van der Waals surface area contributed by atoms with Gasteiger partial charge in [-0.05, 0) is 52.5 Å². The van der Waals surface area contributed by atoms with Crippen LogP contribution in [0.5, 0.6) is 0 Å². The summed E-state index contributed by atoms with van der Waals surface area (Å²) in [6, 6.07) is 1.73. The van der Waals surface area contributed by atoms with Crippen LogP contribution in [0.25, 0.3) is 0 Å². The molecule has 0 fully saturated rings. The van der Waals surface area contributed by atoms with E-state index >= 15 is 0 Å². The van der Waals surface area contributed by atoms with E-state index in [0.717, 1.165) is 36.2 Å².